The van der Waals surface area contributed by atoms with Gasteiger partial charge in [0.05, 0.1) is 24.7 Å². The Labute approximate surface area is 156 Å². The van der Waals surface area contributed by atoms with E-state index < -0.39 is 6.17 Å². The quantitative estimate of drug-likeness (QED) is 0.781. The fourth-order valence-electron chi connectivity index (χ4n) is 3.07. The first-order valence-corrected chi connectivity index (χ1v) is 8.51. The maximum absolute atomic E-state index is 13.1. The van der Waals surface area contributed by atoms with Gasteiger partial charge in [0.1, 0.15) is 11.6 Å². The van der Waals surface area contributed by atoms with Gasteiger partial charge in [0, 0.05) is 11.1 Å². The lowest BCUT2D eigenvalue weighted by Gasteiger charge is -2.23. The number of pyridine rings is 1. The first-order chi connectivity index (χ1) is 13.2. The summed E-state index contributed by atoms with van der Waals surface area (Å²) in [6.07, 6.45) is 0.539. The Kier molecular flexibility index (Phi) is 4.40. The second kappa shape index (κ2) is 7.01. The number of carbonyl (C=O) groups excluding carboxylic acids is 1. The first-order valence-electron chi connectivity index (χ1n) is 8.51. The third-order valence-corrected chi connectivity index (χ3v) is 4.37. The van der Waals surface area contributed by atoms with E-state index in [1.165, 1.54) is 4.90 Å². The zero-order valence-corrected chi connectivity index (χ0v) is 14.7. The molecular formula is C21H18N4O2. The number of nitrogens with zero attached hydrogens (tertiary/aromatic N) is 3. The predicted molar refractivity (Wildman–Crippen MR) is 104 cm³/mol. The maximum Gasteiger partial charge on any atom is 0.272 e. The van der Waals surface area contributed by atoms with Crippen molar-refractivity contribution in [2.45, 2.75) is 6.17 Å². The molecule has 0 spiro atoms. The summed E-state index contributed by atoms with van der Waals surface area (Å²) in [4.78, 5) is 23.5. The van der Waals surface area contributed by atoms with Crippen molar-refractivity contribution in [3.8, 4) is 5.75 Å². The molecule has 4 rings (SSSR count). The van der Waals surface area contributed by atoms with Crippen LogP contribution in [0.4, 0.5) is 11.5 Å². The van der Waals surface area contributed by atoms with Crippen LogP contribution in [0.15, 0.2) is 77.9 Å². The van der Waals surface area contributed by atoms with Crippen molar-refractivity contribution < 1.29 is 9.53 Å². The molecule has 0 bridgehead atoms. The minimum absolute atomic E-state index is 0.342. The molecule has 2 heterocycles. The lowest BCUT2D eigenvalue weighted by Crippen LogP contribution is -2.40. The smallest absolute Gasteiger partial charge is 0.272 e. The predicted octanol–water partition coefficient (Wildman–Crippen LogP) is 2.89. The Morgan fingerprint density at radius 3 is 2.44 bits per heavy atom. The van der Waals surface area contributed by atoms with Crippen LogP contribution in [0.5, 0.6) is 5.75 Å². The van der Waals surface area contributed by atoms with Crippen molar-refractivity contribution in [2.75, 3.05) is 12.0 Å². The second-order valence-corrected chi connectivity index (χ2v) is 6.04. The molecular weight excluding hydrogens is 340 g/mol. The number of hydrogen-bond acceptors (Lipinski definition) is 5. The fourth-order valence-corrected chi connectivity index (χ4v) is 3.07. The van der Waals surface area contributed by atoms with Gasteiger partial charge in [0.15, 0.2) is 6.17 Å². The van der Waals surface area contributed by atoms with E-state index in [9.17, 15) is 4.79 Å². The number of hydrogen-bond donors (Lipinski definition) is 1. The summed E-state index contributed by atoms with van der Waals surface area (Å²) in [5.41, 5.74) is 9.23. The molecule has 2 aromatic carbocycles. The summed E-state index contributed by atoms with van der Waals surface area (Å²) in [6, 6.07) is 20.8. The zero-order chi connectivity index (χ0) is 18.8. The number of nitrogens with two attached hydrogens (primary N) is 1. The van der Waals surface area contributed by atoms with Crippen LogP contribution in [0.25, 0.3) is 0 Å². The first kappa shape index (κ1) is 16.9. The standard InChI is InChI=1S/C21H18N4O2/c1-27-15-11-12-18(23-13-15)25-17-10-6-5-9-16(17)19(24-20(22)21(25)26)14-7-3-2-4-8-14/h2-13,20H,22H2,1H3/t20-/m0/s1. The fraction of sp³-hybridized carbons (Fsp3) is 0.0952. The second-order valence-electron chi connectivity index (χ2n) is 6.04. The molecule has 1 amide bonds. The number of benzodiazepines with no additional fused rings is 1. The highest BCUT2D eigenvalue weighted by atomic mass is 16.5. The van der Waals surface area contributed by atoms with Gasteiger partial charge in [-0.05, 0) is 18.2 Å². The third kappa shape index (κ3) is 3.07. The van der Waals surface area contributed by atoms with E-state index in [1.807, 2.05) is 54.6 Å². The Balaban J connectivity index is 1.90. The van der Waals surface area contributed by atoms with E-state index in [1.54, 1.807) is 25.4 Å². The molecule has 1 aliphatic rings. The van der Waals surface area contributed by atoms with E-state index in [0.717, 1.165) is 11.1 Å². The largest absolute Gasteiger partial charge is 0.495 e. The van der Waals surface area contributed by atoms with Crippen molar-refractivity contribution in [3.63, 3.8) is 0 Å². The third-order valence-electron chi connectivity index (χ3n) is 4.37. The van der Waals surface area contributed by atoms with Gasteiger partial charge in [-0.1, -0.05) is 48.5 Å². The van der Waals surface area contributed by atoms with Crippen molar-refractivity contribution in [1.29, 1.82) is 0 Å². The molecule has 0 fully saturated rings. The molecule has 0 radical (unpaired) electrons. The minimum Gasteiger partial charge on any atom is -0.495 e. The summed E-state index contributed by atoms with van der Waals surface area (Å²) < 4.78 is 5.16. The van der Waals surface area contributed by atoms with Gasteiger partial charge in [-0.15, -0.1) is 0 Å². The summed E-state index contributed by atoms with van der Waals surface area (Å²) in [5.74, 6) is 0.735. The number of methoxy groups -OCH3 is 1. The van der Waals surface area contributed by atoms with E-state index in [-0.39, 0.29) is 5.91 Å². The summed E-state index contributed by atoms with van der Waals surface area (Å²) in [5, 5.41) is 0. The number of rotatable bonds is 3. The van der Waals surface area contributed by atoms with E-state index in [4.69, 9.17) is 10.5 Å². The van der Waals surface area contributed by atoms with E-state index in [0.29, 0.717) is 23.0 Å². The van der Waals surface area contributed by atoms with Gasteiger partial charge in [-0.25, -0.2) is 4.98 Å². The van der Waals surface area contributed by atoms with Gasteiger partial charge in [-0.2, -0.15) is 0 Å². The molecule has 1 aromatic heterocycles. The number of anilines is 2. The Hall–Kier alpha value is -3.51. The topological polar surface area (TPSA) is 80.8 Å². The molecule has 6 nitrogen and oxygen atoms in total. The lowest BCUT2D eigenvalue weighted by molar-refractivity contribution is -0.118. The van der Waals surface area contributed by atoms with Crippen LogP contribution in [0.3, 0.4) is 0 Å². The summed E-state index contributed by atoms with van der Waals surface area (Å²) in [6.45, 7) is 0. The van der Waals surface area contributed by atoms with Crippen LogP contribution in [0.2, 0.25) is 0 Å². The Morgan fingerprint density at radius 2 is 1.74 bits per heavy atom. The Morgan fingerprint density at radius 1 is 1.00 bits per heavy atom. The number of para-hydroxylation sites is 1. The number of amides is 1. The van der Waals surface area contributed by atoms with Crippen molar-refractivity contribution in [1.82, 2.24) is 4.98 Å². The number of aliphatic imine (C=N–C) groups is 1. The molecule has 0 saturated carbocycles. The van der Waals surface area contributed by atoms with Gasteiger partial charge >= 0.3 is 0 Å². The van der Waals surface area contributed by atoms with E-state index >= 15 is 0 Å². The molecule has 0 unspecified atom stereocenters. The molecule has 134 valence electrons. The van der Waals surface area contributed by atoms with Crippen LogP contribution >= 0.6 is 0 Å². The summed E-state index contributed by atoms with van der Waals surface area (Å²) in [7, 11) is 1.57. The highest BCUT2D eigenvalue weighted by molar-refractivity contribution is 6.21. The van der Waals surface area contributed by atoms with Gasteiger partial charge < -0.3 is 10.5 Å². The Bertz CT molecular complexity index is 1000. The average Bonchev–Trinajstić information content (AvgIpc) is 2.84. The van der Waals surface area contributed by atoms with Crippen molar-refractivity contribution in [2.24, 2.45) is 10.7 Å². The molecule has 1 atom stereocenters. The monoisotopic (exact) mass is 358 g/mol. The molecule has 1 aliphatic heterocycles. The van der Waals surface area contributed by atoms with Crippen LogP contribution < -0.4 is 15.4 Å². The van der Waals surface area contributed by atoms with Crippen LogP contribution in [-0.2, 0) is 4.79 Å². The number of ether oxygens (including phenoxy) is 1. The molecule has 0 saturated heterocycles. The van der Waals surface area contributed by atoms with E-state index in [2.05, 4.69) is 9.98 Å². The highest BCUT2D eigenvalue weighted by Crippen LogP contribution is 2.33. The van der Waals surface area contributed by atoms with Gasteiger partial charge in [0.25, 0.3) is 5.91 Å². The highest BCUT2D eigenvalue weighted by Gasteiger charge is 2.31. The maximum atomic E-state index is 13.1. The summed E-state index contributed by atoms with van der Waals surface area (Å²) >= 11 is 0. The van der Waals surface area contributed by atoms with Crippen molar-refractivity contribution in [3.05, 3.63) is 84.1 Å². The number of fused-ring (bicyclic) bond motifs is 1. The molecule has 6 heteroatoms. The van der Waals surface area contributed by atoms with Crippen LogP contribution in [-0.4, -0.2) is 29.9 Å². The number of aromatic nitrogens is 1. The zero-order valence-electron chi connectivity index (χ0n) is 14.7. The van der Waals surface area contributed by atoms with Crippen LogP contribution in [0.1, 0.15) is 11.1 Å². The van der Waals surface area contributed by atoms with Gasteiger partial charge in [-0.3, -0.25) is 14.7 Å². The number of benzene rings is 2. The van der Waals surface area contributed by atoms with Crippen LogP contribution in [0, 0.1) is 0 Å². The lowest BCUT2D eigenvalue weighted by atomic mass is 10.0. The molecule has 2 N–H and O–H groups in total. The minimum atomic E-state index is -1.03. The number of carbonyl (C=O) groups is 1. The average molecular weight is 358 g/mol. The molecule has 3 aromatic rings. The molecule has 0 aliphatic carbocycles. The van der Waals surface area contributed by atoms with Gasteiger partial charge in [0.2, 0.25) is 0 Å². The SMILES string of the molecule is COc1ccc(N2C(=O)[C@@H](N)N=C(c3ccccc3)c3ccccc32)nc1. The van der Waals surface area contributed by atoms with Crippen molar-refractivity contribution >= 4 is 23.1 Å². The normalized spacial score (nSPS) is 16.4. The molecule has 27 heavy (non-hydrogen) atoms.